The van der Waals surface area contributed by atoms with Gasteiger partial charge in [-0.25, -0.2) is 4.98 Å². The number of hydrogen-bond acceptors (Lipinski definition) is 1. The average Bonchev–Trinajstić information content (AvgIpc) is 2.49. The van der Waals surface area contributed by atoms with Crippen molar-refractivity contribution in [2.75, 3.05) is 0 Å². The van der Waals surface area contributed by atoms with E-state index in [1.54, 1.807) is 0 Å². The Kier molecular flexibility index (Phi) is 1.61. The molecule has 2 heteroatoms. The minimum atomic E-state index is 0.519. The fraction of sp³-hybridized carbons (Fsp3) is 0.300. The van der Waals surface area contributed by atoms with Gasteiger partial charge in [-0.05, 0) is 17.5 Å². The molecule has 12 heavy (non-hydrogen) atoms. The summed E-state index contributed by atoms with van der Waals surface area (Å²) < 4.78 is 0. The van der Waals surface area contributed by atoms with E-state index in [1.165, 1.54) is 5.56 Å². The number of hydrogen-bond donors (Lipinski definition) is 1. The Balaban J connectivity index is 2.73. The molecule has 2 rings (SSSR count). The highest BCUT2D eigenvalue weighted by Crippen LogP contribution is 2.21. The molecule has 2 aromatic rings. The molecule has 1 N–H and O–H groups in total. The monoisotopic (exact) mass is 159 g/mol. The SMILES string of the molecule is CC(C)c1cccc2[nH][c]nc12. The lowest BCUT2D eigenvalue weighted by Crippen LogP contribution is -1.88. The molecular weight excluding hydrogens is 148 g/mol. The van der Waals surface area contributed by atoms with Crippen molar-refractivity contribution < 1.29 is 0 Å². The van der Waals surface area contributed by atoms with E-state index in [9.17, 15) is 0 Å². The van der Waals surface area contributed by atoms with Crippen LogP contribution < -0.4 is 0 Å². The number of rotatable bonds is 1. The summed E-state index contributed by atoms with van der Waals surface area (Å²) in [5.74, 6) is 0.519. The summed E-state index contributed by atoms with van der Waals surface area (Å²) in [7, 11) is 0. The third-order valence-electron chi connectivity index (χ3n) is 2.05. The summed E-state index contributed by atoms with van der Waals surface area (Å²) >= 11 is 0. The maximum Gasteiger partial charge on any atom is 0.174 e. The first-order valence-corrected chi connectivity index (χ1v) is 4.13. The summed E-state index contributed by atoms with van der Waals surface area (Å²) in [5, 5.41) is 0. The number of fused-ring (bicyclic) bond motifs is 1. The van der Waals surface area contributed by atoms with Crippen molar-refractivity contribution in [3.8, 4) is 0 Å². The van der Waals surface area contributed by atoms with Crippen LogP contribution in [0, 0.1) is 6.33 Å². The Hall–Kier alpha value is -1.31. The Bertz CT molecular complexity index is 387. The van der Waals surface area contributed by atoms with E-state index < -0.39 is 0 Å². The quantitative estimate of drug-likeness (QED) is 0.680. The molecule has 1 radical (unpaired) electrons. The van der Waals surface area contributed by atoms with Crippen LogP contribution in [0.2, 0.25) is 0 Å². The maximum absolute atomic E-state index is 4.16. The van der Waals surface area contributed by atoms with Crippen LogP contribution in [0.1, 0.15) is 25.3 Å². The lowest BCUT2D eigenvalue weighted by Gasteiger charge is -2.04. The predicted molar refractivity (Wildman–Crippen MR) is 49.0 cm³/mol. The molecular formula is C10H11N2. The summed E-state index contributed by atoms with van der Waals surface area (Å²) in [5.41, 5.74) is 3.40. The zero-order valence-electron chi connectivity index (χ0n) is 7.26. The number of imidazole rings is 1. The molecule has 1 heterocycles. The van der Waals surface area contributed by atoms with Crippen molar-refractivity contribution in [3.63, 3.8) is 0 Å². The normalized spacial score (nSPS) is 11.2. The third kappa shape index (κ3) is 0.998. The number of nitrogens with one attached hydrogen (secondary N) is 1. The van der Waals surface area contributed by atoms with Gasteiger partial charge >= 0.3 is 0 Å². The molecule has 0 spiro atoms. The lowest BCUT2D eigenvalue weighted by molar-refractivity contribution is 0.873. The van der Waals surface area contributed by atoms with E-state index in [0.29, 0.717) is 5.92 Å². The zero-order valence-corrected chi connectivity index (χ0v) is 7.26. The summed E-state index contributed by atoms with van der Waals surface area (Å²) in [6, 6.07) is 6.18. The Morgan fingerprint density at radius 1 is 1.42 bits per heavy atom. The van der Waals surface area contributed by atoms with Gasteiger partial charge in [0.1, 0.15) is 0 Å². The van der Waals surface area contributed by atoms with Gasteiger partial charge in [0.2, 0.25) is 0 Å². The molecule has 0 saturated heterocycles. The fourth-order valence-electron chi connectivity index (χ4n) is 1.40. The first-order valence-electron chi connectivity index (χ1n) is 4.13. The van der Waals surface area contributed by atoms with Gasteiger partial charge in [0.15, 0.2) is 6.33 Å². The number of nitrogens with zero attached hydrogens (tertiary/aromatic N) is 1. The number of aromatic nitrogens is 2. The van der Waals surface area contributed by atoms with Crippen molar-refractivity contribution in [2.45, 2.75) is 19.8 Å². The van der Waals surface area contributed by atoms with E-state index in [2.05, 4.69) is 36.2 Å². The molecule has 1 aromatic heterocycles. The number of benzene rings is 1. The minimum absolute atomic E-state index is 0.519. The molecule has 0 aliphatic heterocycles. The third-order valence-corrected chi connectivity index (χ3v) is 2.05. The lowest BCUT2D eigenvalue weighted by atomic mass is 10.0. The molecule has 0 atom stereocenters. The Morgan fingerprint density at radius 2 is 2.25 bits per heavy atom. The van der Waals surface area contributed by atoms with Crippen LogP contribution in [0.3, 0.4) is 0 Å². The predicted octanol–water partition coefficient (Wildman–Crippen LogP) is 2.49. The van der Waals surface area contributed by atoms with Crippen molar-refractivity contribution in [2.24, 2.45) is 0 Å². The van der Waals surface area contributed by atoms with Crippen molar-refractivity contribution >= 4 is 11.0 Å². The van der Waals surface area contributed by atoms with E-state index in [0.717, 1.165) is 11.0 Å². The number of H-pyrrole nitrogens is 1. The van der Waals surface area contributed by atoms with Crippen LogP contribution in [0.5, 0.6) is 0 Å². The van der Waals surface area contributed by atoms with E-state index >= 15 is 0 Å². The van der Waals surface area contributed by atoms with Crippen LogP contribution in [0.25, 0.3) is 11.0 Å². The fourth-order valence-corrected chi connectivity index (χ4v) is 1.40. The summed E-state index contributed by atoms with van der Waals surface area (Å²) in [4.78, 5) is 7.14. The van der Waals surface area contributed by atoms with Crippen LogP contribution in [-0.2, 0) is 0 Å². The Labute approximate surface area is 71.6 Å². The van der Waals surface area contributed by atoms with Gasteiger partial charge in [-0.15, -0.1) is 0 Å². The smallest absolute Gasteiger partial charge is 0.174 e. The van der Waals surface area contributed by atoms with Gasteiger partial charge in [0, 0.05) is 0 Å². The second-order valence-corrected chi connectivity index (χ2v) is 3.25. The summed E-state index contributed by atoms with van der Waals surface area (Å²) in [6.45, 7) is 4.34. The molecule has 0 aliphatic carbocycles. The van der Waals surface area contributed by atoms with Gasteiger partial charge in [0.05, 0.1) is 11.0 Å². The van der Waals surface area contributed by atoms with Gasteiger partial charge in [0.25, 0.3) is 0 Å². The van der Waals surface area contributed by atoms with Crippen LogP contribution in [-0.4, -0.2) is 9.97 Å². The van der Waals surface area contributed by atoms with E-state index in [4.69, 9.17) is 0 Å². The second kappa shape index (κ2) is 2.63. The van der Waals surface area contributed by atoms with Gasteiger partial charge in [-0.3, -0.25) is 0 Å². The largest absolute Gasteiger partial charge is 0.335 e. The van der Waals surface area contributed by atoms with Crippen LogP contribution in [0.15, 0.2) is 18.2 Å². The highest BCUT2D eigenvalue weighted by molar-refractivity contribution is 5.78. The maximum atomic E-state index is 4.16. The molecule has 0 unspecified atom stereocenters. The molecule has 0 amide bonds. The average molecular weight is 159 g/mol. The van der Waals surface area contributed by atoms with Crippen molar-refractivity contribution in [3.05, 3.63) is 30.1 Å². The number of aromatic amines is 1. The van der Waals surface area contributed by atoms with Crippen molar-refractivity contribution in [1.82, 2.24) is 9.97 Å². The standard InChI is InChI=1S/C10H11N2/c1-7(2)8-4-3-5-9-10(8)12-6-11-9/h3-5,7H,1-2H3,(H,11,12). The highest BCUT2D eigenvalue weighted by atomic mass is 14.9. The van der Waals surface area contributed by atoms with Crippen LogP contribution >= 0.6 is 0 Å². The molecule has 0 saturated carbocycles. The van der Waals surface area contributed by atoms with Gasteiger partial charge in [-0.1, -0.05) is 26.0 Å². The first-order chi connectivity index (χ1) is 5.79. The van der Waals surface area contributed by atoms with Crippen LogP contribution in [0.4, 0.5) is 0 Å². The molecule has 0 bridgehead atoms. The van der Waals surface area contributed by atoms with E-state index in [1.807, 2.05) is 12.1 Å². The van der Waals surface area contributed by atoms with E-state index in [-0.39, 0.29) is 0 Å². The molecule has 2 nitrogen and oxygen atoms in total. The molecule has 0 aliphatic rings. The zero-order chi connectivity index (χ0) is 8.55. The second-order valence-electron chi connectivity index (χ2n) is 3.25. The minimum Gasteiger partial charge on any atom is -0.335 e. The first kappa shape index (κ1) is 7.35. The number of para-hydroxylation sites is 1. The highest BCUT2D eigenvalue weighted by Gasteiger charge is 2.05. The molecule has 61 valence electrons. The van der Waals surface area contributed by atoms with Gasteiger partial charge in [-0.2, -0.15) is 0 Å². The Morgan fingerprint density at radius 3 is 3.00 bits per heavy atom. The molecule has 0 fully saturated rings. The van der Waals surface area contributed by atoms with Gasteiger partial charge < -0.3 is 4.98 Å². The molecule has 1 aromatic carbocycles. The topological polar surface area (TPSA) is 28.7 Å². The van der Waals surface area contributed by atoms with Crippen molar-refractivity contribution in [1.29, 1.82) is 0 Å². The summed E-state index contributed by atoms with van der Waals surface area (Å²) in [6.07, 6.45) is 2.76.